The predicted octanol–water partition coefficient (Wildman–Crippen LogP) is 4.21. The van der Waals surface area contributed by atoms with Crippen LogP contribution in [0.3, 0.4) is 0 Å². The molecule has 0 radical (unpaired) electrons. The van der Waals surface area contributed by atoms with Crippen LogP contribution in [0.1, 0.15) is 11.6 Å². The Morgan fingerprint density at radius 1 is 0.800 bits per heavy atom. The molecule has 5 rings (SSSR count). The van der Waals surface area contributed by atoms with Gasteiger partial charge in [0.2, 0.25) is 5.91 Å². The largest absolute Gasteiger partial charge is 0.273 e. The topological polar surface area (TPSA) is 136 Å². The van der Waals surface area contributed by atoms with Crippen LogP contribution in [-0.4, -0.2) is 27.8 Å². The third-order valence-electron chi connectivity index (χ3n) is 5.95. The summed E-state index contributed by atoms with van der Waals surface area (Å²) < 4.78 is 0. The lowest BCUT2D eigenvalue weighted by atomic mass is 9.90. The van der Waals surface area contributed by atoms with Gasteiger partial charge in [0.1, 0.15) is 5.92 Å². The van der Waals surface area contributed by atoms with Gasteiger partial charge in [-0.2, -0.15) is 0 Å². The first-order valence-electron chi connectivity index (χ1n) is 10.3. The normalized spacial score (nSPS) is 21.3. The number of carbonyl (C=O) groups is 2. The lowest BCUT2D eigenvalue weighted by Gasteiger charge is -2.29. The summed E-state index contributed by atoms with van der Waals surface area (Å²) in [5.74, 6) is -2.34. The number of benzene rings is 3. The number of carbonyl (C=O) groups excluding carboxylic acids is 2. The minimum Gasteiger partial charge on any atom is -0.273 e. The summed E-state index contributed by atoms with van der Waals surface area (Å²) in [7, 11) is 0. The first kappa shape index (κ1) is 22.4. The predicted molar refractivity (Wildman–Crippen MR) is 124 cm³/mol. The highest BCUT2D eigenvalue weighted by molar-refractivity contribution is 6.31. The monoisotopic (exact) mass is 494 g/mol. The van der Waals surface area contributed by atoms with E-state index in [1.54, 1.807) is 30.3 Å². The first-order chi connectivity index (χ1) is 16.8. The van der Waals surface area contributed by atoms with E-state index in [0.29, 0.717) is 5.69 Å². The summed E-state index contributed by atoms with van der Waals surface area (Å²) >= 11 is 6.43. The van der Waals surface area contributed by atoms with Crippen LogP contribution in [0.5, 0.6) is 0 Å². The maximum Gasteiger partial charge on any atom is 0.269 e. The van der Waals surface area contributed by atoms with Crippen LogP contribution >= 0.6 is 11.6 Å². The molecule has 2 heterocycles. The molecule has 3 atom stereocenters. The number of nitro groups is 2. The Bertz CT molecular complexity index is 1370. The second kappa shape index (κ2) is 8.46. The van der Waals surface area contributed by atoms with Crippen LogP contribution in [0.15, 0.2) is 72.8 Å². The molecule has 0 spiro atoms. The summed E-state index contributed by atoms with van der Waals surface area (Å²) in [5, 5.41) is 23.9. The minimum absolute atomic E-state index is 0.152. The number of para-hydroxylation sites is 1. The molecule has 0 aromatic heterocycles. The van der Waals surface area contributed by atoms with Crippen molar-refractivity contribution in [3.63, 3.8) is 0 Å². The summed E-state index contributed by atoms with van der Waals surface area (Å²) in [6.07, 6.45) is -1.22. The van der Waals surface area contributed by atoms with Crippen molar-refractivity contribution >= 4 is 46.2 Å². The van der Waals surface area contributed by atoms with Crippen molar-refractivity contribution in [2.75, 3.05) is 9.96 Å². The molecule has 0 N–H and O–H groups in total. The molecule has 2 aliphatic heterocycles. The summed E-state index contributed by atoms with van der Waals surface area (Å²) in [6, 6.07) is 16.6. The van der Waals surface area contributed by atoms with E-state index in [0.717, 1.165) is 4.90 Å². The lowest BCUT2D eigenvalue weighted by Crippen LogP contribution is -2.37. The van der Waals surface area contributed by atoms with Crippen molar-refractivity contribution in [3.8, 4) is 0 Å². The molecule has 12 heteroatoms. The molecule has 2 aliphatic rings. The number of fused-ring (bicyclic) bond motifs is 1. The number of nitrogens with zero attached hydrogens (tertiary/aromatic N) is 4. The van der Waals surface area contributed by atoms with Gasteiger partial charge in [-0.15, -0.1) is 0 Å². The van der Waals surface area contributed by atoms with E-state index in [2.05, 4.69) is 0 Å². The molecular weight excluding hydrogens is 480 g/mol. The molecular formula is C23H15ClN4O7. The van der Waals surface area contributed by atoms with Crippen LogP contribution in [-0.2, 0) is 14.4 Å². The Morgan fingerprint density at radius 2 is 1.43 bits per heavy atom. The molecule has 3 aromatic rings. The number of hydrogen-bond donors (Lipinski definition) is 0. The summed E-state index contributed by atoms with van der Waals surface area (Å²) in [6.45, 7) is 0. The number of amides is 2. The molecule has 0 bridgehead atoms. The van der Waals surface area contributed by atoms with Gasteiger partial charge < -0.3 is 0 Å². The van der Waals surface area contributed by atoms with Crippen LogP contribution < -0.4 is 9.96 Å². The van der Waals surface area contributed by atoms with E-state index >= 15 is 0 Å². The van der Waals surface area contributed by atoms with Gasteiger partial charge in [-0.05, 0) is 30.3 Å². The lowest BCUT2D eigenvalue weighted by molar-refractivity contribution is -0.385. The standard InChI is InChI=1S/C23H15ClN4O7/c24-18-11-10-16(28(33)34)12-17(18)20-19-21(35-26(20)14-4-2-1-3-5-14)23(30)25(22(19)29)13-6-8-15(9-7-13)27(31)32/h1-12,19-21H. The Hall–Kier alpha value is -4.35. The van der Waals surface area contributed by atoms with Gasteiger partial charge in [0.25, 0.3) is 17.3 Å². The van der Waals surface area contributed by atoms with Gasteiger partial charge in [-0.25, -0.2) is 9.96 Å². The maximum atomic E-state index is 13.6. The fourth-order valence-corrected chi connectivity index (χ4v) is 4.61. The number of imide groups is 1. The highest BCUT2D eigenvalue weighted by Gasteiger charge is 2.60. The zero-order chi connectivity index (χ0) is 24.9. The smallest absolute Gasteiger partial charge is 0.269 e. The Kier molecular flexibility index (Phi) is 5.42. The van der Waals surface area contributed by atoms with Crippen molar-refractivity contribution in [2.45, 2.75) is 12.1 Å². The Balaban J connectivity index is 1.60. The molecule has 2 saturated heterocycles. The Morgan fingerprint density at radius 3 is 2.06 bits per heavy atom. The van der Waals surface area contributed by atoms with E-state index in [4.69, 9.17) is 16.4 Å². The highest BCUT2D eigenvalue weighted by atomic mass is 35.5. The molecule has 0 saturated carbocycles. The average molecular weight is 495 g/mol. The second-order valence-corrected chi connectivity index (χ2v) is 8.31. The molecule has 11 nitrogen and oxygen atoms in total. The highest BCUT2D eigenvalue weighted by Crippen LogP contribution is 2.49. The van der Waals surface area contributed by atoms with Gasteiger partial charge >= 0.3 is 0 Å². The van der Waals surface area contributed by atoms with Crippen LogP contribution in [0, 0.1) is 26.1 Å². The molecule has 3 unspecified atom stereocenters. The van der Waals surface area contributed by atoms with Crippen LogP contribution in [0.2, 0.25) is 5.02 Å². The number of hydrogen-bond acceptors (Lipinski definition) is 8. The fourth-order valence-electron chi connectivity index (χ4n) is 4.38. The van der Waals surface area contributed by atoms with Crippen molar-refractivity contribution in [3.05, 3.63) is 104 Å². The quantitative estimate of drug-likeness (QED) is 0.292. The van der Waals surface area contributed by atoms with Crippen molar-refractivity contribution in [1.82, 2.24) is 0 Å². The summed E-state index contributed by atoms with van der Waals surface area (Å²) in [5.41, 5.74) is 0.505. The molecule has 35 heavy (non-hydrogen) atoms. The third-order valence-corrected chi connectivity index (χ3v) is 6.30. The van der Waals surface area contributed by atoms with Gasteiger partial charge in [0.15, 0.2) is 6.10 Å². The number of rotatable bonds is 5. The zero-order valence-corrected chi connectivity index (χ0v) is 18.4. The Labute approximate surface area is 202 Å². The average Bonchev–Trinajstić information content (AvgIpc) is 3.35. The maximum absolute atomic E-state index is 13.6. The van der Waals surface area contributed by atoms with E-state index in [1.165, 1.54) is 47.5 Å². The first-order valence-corrected chi connectivity index (χ1v) is 10.7. The molecule has 2 fully saturated rings. The number of anilines is 2. The van der Waals surface area contributed by atoms with Gasteiger partial charge in [-0.1, -0.05) is 29.8 Å². The molecule has 176 valence electrons. The van der Waals surface area contributed by atoms with Crippen molar-refractivity contribution in [1.29, 1.82) is 0 Å². The van der Waals surface area contributed by atoms with Gasteiger partial charge in [0, 0.05) is 34.9 Å². The number of halogens is 1. The van der Waals surface area contributed by atoms with Crippen LogP contribution in [0.4, 0.5) is 22.7 Å². The van der Waals surface area contributed by atoms with E-state index in [1.807, 2.05) is 0 Å². The third kappa shape index (κ3) is 3.66. The summed E-state index contributed by atoms with van der Waals surface area (Å²) in [4.78, 5) is 55.0. The van der Waals surface area contributed by atoms with Gasteiger partial charge in [-0.3, -0.25) is 34.7 Å². The molecule has 3 aromatic carbocycles. The van der Waals surface area contributed by atoms with Crippen molar-refractivity contribution < 1.29 is 24.3 Å². The van der Waals surface area contributed by atoms with Gasteiger partial charge in [0.05, 0.1) is 27.3 Å². The fraction of sp³-hybridized carbons (Fsp3) is 0.130. The number of nitro benzene ring substituents is 2. The van der Waals surface area contributed by atoms with Crippen molar-refractivity contribution in [2.24, 2.45) is 5.92 Å². The van der Waals surface area contributed by atoms with E-state index in [-0.39, 0.29) is 27.6 Å². The number of hydroxylamine groups is 1. The van der Waals surface area contributed by atoms with E-state index < -0.39 is 39.7 Å². The van der Waals surface area contributed by atoms with Crippen LogP contribution in [0.25, 0.3) is 0 Å². The molecule has 0 aliphatic carbocycles. The van der Waals surface area contributed by atoms with E-state index in [9.17, 15) is 29.8 Å². The second-order valence-electron chi connectivity index (χ2n) is 7.91. The zero-order valence-electron chi connectivity index (χ0n) is 17.7. The minimum atomic E-state index is -1.22. The molecule has 2 amide bonds. The SMILES string of the molecule is O=C1C2ON(c3ccccc3)C(c3cc([N+](=O)[O-])ccc3Cl)C2C(=O)N1c1ccc([N+](=O)[O-])cc1. The number of non-ortho nitro benzene ring substituents is 2.